The maximum absolute atomic E-state index is 5.96. The first-order valence-corrected chi connectivity index (χ1v) is 5.66. The number of benzene rings is 1. The molecule has 15 heavy (non-hydrogen) atoms. The van der Waals surface area contributed by atoms with Gasteiger partial charge in [0.05, 0.1) is 0 Å². The van der Waals surface area contributed by atoms with Crippen molar-refractivity contribution in [2.45, 2.75) is 31.3 Å². The van der Waals surface area contributed by atoms with Crippen molar-refractivity contribution in [1.82, 2.24) is 4.57 Å². The summed E-state index contributed by atoms with van der Waals surface area (Å²) >= 11 is 0. The largest absolute Gasteiger partial charge is 0.344 e. The number of nitrogens with zero attached hydrogens (tertiary/aromatic N) is 1. The number of fused-ring (bicyclic) bond motifs is 1. The highest BCUT2D eigenvalue weighted by molar-refractivity contribution is 5.80. The quantitative estimate of drug-likeness (QED) is 0.754. The minimum absolute atomic E-state index is 0.399. The van der Waals surface area contributed by atoms with Crippen LogP contribution in [0, 0.1) is 0 Å². The zero-order valence-electron chi connectivity index (χ0n) is 8.76. The minimum atomic E-state index is 0.399. The molecule has 0 aliphatic heterocycles. The van der Waals surface area contributed by atoms with Crippen LogP contribution >= 0.6 is 0 Å². The third-order valence-electron chi connectivity index (χ3n) is 3.47. The third kappa shape index (κ3) is 1.45. The predicted octanol–water partition coefficient (Wildman–Crippen LogP) is 2.69. The van der Waals surface area contributed by atoms with Crippen molar-refractivity contribution in [3.63, 3.8) is 0 Å². The number of para-hydroxylation sites is 1. The Morgan fingerprint density at radius 2 is 2.00 bits per heavy atom. The molecule has 2 nitrogen and oxygen atoms in total. The van der Waals surface area contributed by atoms with E-state index in [9.17, 15) is 0 Å². The van der Waals surface area contributed by atoms with Gasteiger partial charge in [-0.2, -0.15) is 0 Å². The average molecular weight is 200 g/mol. The summed E-state index contributed by atoms with van der Waals surface area (Å²) < 4.78 is 2.39. The highest BCUT2D eigenvalue weighted by Gasteiger charge is 2.23. The molecule has 2 heteroatoms. The molecular weight excluding hydrogens is 184 g/mol. The first-order valence-electron chi connectivity index (χ1n) is 5.66. The van der Waals surface area contributed by atoms with E-state index in [1.165, 1.54) is 17.3 Å². The normalized spacial score (nSPS) is 26.2. The SMILES string of the molecule is NC1CCC(n2ccc3ccccc32)C1. The van der Waals surface area contributed by atoms with E-state index in [1.54, 1.807) is 0 Å². The number of aromatic nitrogens is 1. The Bertz CT molecular complexity index is 472. The summed E-state index contributed by atoms with van der Waals surface area (Å²) in [5.74, 6) is 0. The molecule has 0 radical (unpaired) electrons. The van der Waals surface area contributed by atoms with Gasteiger partial charge in [-0.25, -0.2) is 0 Å². The molecule has 0 amide bonds. The molecule has 1 aliphatic rings. The summed E-state index contributed by atoms with van der Waals surface area (Å²) in [5.41, 5.74) is 7.31. The summed E-state index contributed by atoms with van der Waals surface area (Å²) in [4.78, 5) is 0. The standard InChI is InChI=1S/C13H16N2/c14-11-5-6-12(9-11)15-8-7-10-3-1-2-4-13(10)15/h1-4,7-8,11-12H,5-6,9,14H2. The Kier molecular flexibility index (Phi) is 2.03. The monoisotopic (exact) mass is 200 g/mol. The van der Waals surface area contributed by atoms with Gasteiger partial charge in [0, 0.05) is 23.8 Å². The molecule has 1 fully saturated rings. The van der Waals surface area contributed by atoms with E-state index < -0.39 is 0 Å². The van der Waals surface area contributed by atoms with E-state index in [2.05, 4.69) is 41.1 Å². The van der Waals surface area contributed by atoms with Gasteiger partial charge in [-0.15, -0.1) is 0 Å². The lowest BCUT2D eigenvalue weighted by atomic mass is 10.2. The van der Waals surface area contributed by atoms with Crippen molar-refractivity contribution < 1.29 is 0 Å². The van der Waals surface area contributed by atoms with Gasteiger partial charge in [-0.1, -0.05) is 18.2 Å². The van der Waals surface area contributed by atoms with Gasteiger partial charge in [0.1, 0.15) is 0 Å². The molecule has 3 rings (SSSR count). The van der Waals surface area contributed by atoms with Gasteiger partial charge < -0.3 is 10.3 Å². The van der Waals surface area contributed by atoms with Crippen LogP contribution in [0.5, 0.6) is 0 Å². The molecule has 0 saturated heterocycles. The van der Waals surface area contributed by atoms with Crippen LogP contribution in [0.4, 0.5) is 0 Å². The molecule has 2 N–H and O–H groups in total. The summed E-state index contributed by atoms with van der Waals surface area (Å²) in [5, 5.41) is 1.33. The second-order valence-corrected chi connectivity index (χ2v) is 4.51. The maximum Gasteiger partial charge on any atom is 0.0482 e. The van der Waals surface area contributed by atoms with Crippen LogP contribution in [-0.4, -0.2) is 10.6 Å². The van der Waals surface area contributed by atoms with Crippen molar-refractivity contribution in [2.24, 2.45) is 5.73 Å². The van der Waals surface area contributed by atoms with E-state index >= 15 is 0 Å². The van der Waals surface area contributed by atoms with E-state index in [1.807, 2.05) is 0 Å². The maximum atomic E-state index is 5.96. The van der Waals surface area contributed by atoms with Gasteiger partial charge in [0.2, 0.25) is 0 Å². The number of rotatable bonds is 1. The van der Waals surface area contributed by atoms with Crippen molar-refractivity contribution in [1.29, 1.82) is 0 Å². The van der Waals surface area contributed by atoms with E-state index in [0.29, 0.717) is 12.1 Å². The van der Waals surface area contributed by atoms with E-state index in [0.717, 1.165) is 12.8 Å². The molecule has 78 valence electrons. The molecule has 1 aliphatic carbocycles. The van der Waals surface area contributed by atoms with Crippen molar-refractivity contribution >= 4 is 10.9 Å². The molecule has 1 aromatic heterocycles. The minimum Gasteiger partial charge on any atom is -0.344 e. The van der Waals surface area contributed by atoms with Crippen molar-refractivity contribution in [3.05, 3.63) is 36.5 Å². The van der Waals surface area contributed by atoms with Crippen LogP contribution in [0.25, 0.3) is 10.9 Å². The second-order valence-electron chi connectivity index (χ2n) is 4.51. The molecule has 0 spiro atoms. The highest BCUT2D eigenvalue weighted by atomic mass is 15.0. The van der Waals surface area contributed by atoms with E-state index in [4.69, 9.17) is 5.73 Å². The lowest BCUT2D eigenvalue weighted by Crippen LogP contribution is -2.15. The number of nitrogens with two attached hydrogens (primary N) is 1. The molecule has 2 unspecified atom stereocenters. The Labute approximate surface area is 89.7 Å². The Morgan fingerprint density at radius 1 is 1.13 bits per heavy atom. The second kappa shape index (κ2) is 3.38. The van der Waals surface area contributed by atoms with Gasteiger partial charge >= 0.3 is 0 Å². The zero-order valence-corrected chi connectivity index (χ0v) is 8.76. The lowest BCUT2D eigenvalue weighted by Gasteiger charge is -2.13. The Hall–Kier alpha value is -1.28. The summed E-state index contributed by atoms with van der Waals surface area (Å²) in [7, 11) is 0. The fraction of sp³-hybridized carbons (Fsp3) is 0.385. The fourth-order valence-electron chi connectivity index (χ4n) is 2.67. The smallest absolute Gasteiger partial charge is 0.0482 e. The molecule has 1 heterocycles. The highest BCUT2D eigenvalue weighted by Crippen LogP contribution is 2.32. The van der Waals surface area contributed by atoms with Crippen LogP contribution in [0.15, 0.2) is 36.5 Å². The van der Waals surface area contributed by atoms with Crippen LogP contribution in [0.1, 0.15) is 25.3 Å². The van der Waals surface area contributed by atoms with Crippen LogP contribution in [-0.2, 0) is 0 Å². The van der Waals surface area contributed by atoms with Gasteiger partial charge in [0.25, 0.3) is 0 Å². The van der Waals surface area contributed by atoms with Gasteiger partial charge in [-0.3, -0.25) is 0 Å². The van der Waals surface area contributed by atoms with E-state index in [-0.39, 0.29) is 0 Å². The topological polar surface area (TPSA) is 30.9 Å². The Morgan fingerprint density at radius 3 is 2.80 bits per heavy atom. The molecule has 2 atom stereocenters. The van der Waals surface area contributed by atoms with Crippen LogP contribution in [0.2, 0.25) is 0 Å². The number of hydrogen-bond acceptors (Lipinski definition) is 1. The molecule has 0 bridgehead atoms. The van der Waals surface area contributed by atoms with Crippen molar-refractivity contribution in [3.8, 4) is 0 Å². The van der Waals surface area contributed by atoms with Gasteiger partial charge in [0.15, 0.2) is 0 Å². The molecule has 1 saturated carbocycles. The lowest BCUT2D eigenvalue weighted by molar-refractivity contribution is 0.526. The predicted molar refractivity (Wildman–Crippen MR) is 62.8 cm³/mol. The zero-order chi connectivity index (χ0) is 10.3. The summed E-state index contributed by atoms with van der Waals surface area (Å²) in [6.07, 6.45) is 5.71. The first kappa shape index (κ1) is 8.98. The molecule has 1 aromatic carbocycles. The fourth-order valence-corrected chi connectivity index (χ4v) is 2.67. The summed E-state index contributed by atoms with van der Waals surface area (Å²) in [6.45, 7) is 0. The Balaban J connectivity index is 2.04. The third-order valence-corrected chi connectivity index (χ3v) is 3.47. The van der Waals surface area contributed by atoms with Crippen LogP contribution in [0.3, 0.4) is 0 Å². The first-order chi connectivity index (χ1) is 7.34. The average Bonchev–Trinajstić information content (AvgIpc) is 2.83. The van der Waals surface area contributed by atoms with Crippen molar-refractivity contribution in [2.75, 3.05) is 0 Å². The molecule has 2 aromatic rings. The van der Waals surface area contributed by atoms with Crippen LogP contribution < -0.4 is 5.73 Å². The summed E-state index contributed by atoms with van der Waals surface area (Å²) in [6, 6.07) is 11.8. The number of hydrogen-bond donors (Lipinski definition) is 1. The van der Waals surface area contributed by atoms with Gasteiger partial charge in [-0.05, 0) is 36.8 Å². The molecular formula is C13H16N2.